The first kappa shape index (κ1) is 14.5. The van der Waals surface area contributed by atoms with Gasteiger partial charge < -0.3 is 10.1 Å². The van der Waals surface area contributed by atoms with E-state index in [4.69, 9.17) is 4.74 Å². The van der Waals surface area contributed by atoms with Crippen LogP contribution in [0.25, 0.3) is 0 Å². The topological polar surface area (TPSA) is 21.3 Å². The summed E-state index contributed by atoms with van der Waals surface area (Å²) >= 11 is 0. The molecule has 0 fully saturated rings. The Morgan fingerprint density at radius 3 is 2.50 bits per heavy atom. The maximum absolute atomic E-state index is 13.9. The van der Waals surface area contributed by atoms with E-state index in [0.717, 1.165) is 12.0 Å². The Hall–Kier alpha value is -1.87. The second kappa shape index (κ2) is 7.06. The van der Waals surface area contributed by atoms with Crippen LogP contribution < -0.4 is 10.1 Å². The highest BCUT2D eigenvalue weighted by Gasteiger charge is 2.11. The lowest BCUT2D eigenvalue weighted by atomic mass is 9.99. The Bertz CT molecular complexity index is 542. The van der Waals surface area contributed by atoms with Gasteiger partial charge in [-0.15, -0.1) is 0 Å². The maximum Gasteiger partial charge on any atom is 0.130 e. The minimum absolute atomic E-state index is 0.202. The molecule has 0 aliphatic carbocycles. The monoisotopic (exact) mass is 273 g/mol. The van der Waals surface area contributed by atoms with Crippen LogP contribution in [0.5, 0.6) is 5.75 Å². The second-order valence-electron chi connectivity index (χ2n) is 4.75. The second-order valence-corrected chi connectivity index (χ2v) is 4.75. The van der Waals surface area contributed by atoms with Gasteiger partial charge in [0.15, 0.2) is 0 Å². The van der Waals surface area contributed by atoms with Crippen molar-refractivity contribution in [3.8, 4) is 5.75 Å². The smallest absolute Gasteiger partial charge is 0.130 e. The Morgan fingerprint density at radius 1 is 1.15 bits per heavy atom. The third-order valence-electron chi connectivity index (χ3n) is 3.51. The highest BCUT2D eigenvalue weighted by atomic mass is 19.1. The Kier molecular flexibility index (Phi) is 5.13. The number of ether oxygens (including phenoxy) is 1. The SMILES string of the molecule is CNC(CCc1ccc(OC)cc1F)c1ccccc1. The Labute approximate surface area is 119 Å². The van der Waals surface area contributed by atoms with Crippen molar-refractivity contribution in [3.05, 3.63) is 65.5 Å². The average Bonchev–Trinajstić information content (AvgIpc) is 2.50. The van der Waals surface area contributed by atoms with Crippen LogP contribution in [0, 0.1) is 5.82 Å². The van der Waals surface area contributed by atoms with Crippen LogP contribution >= 0.6 is 0 Å². The Balaban J connectivity index is 2.03. The molecule has 0 saturated heterocycles. The molecule has 0 spiro atoms. The van der Waals surface area contributed by atoms with Gasteiger partial charge in [-0.05, 0) is 37.1 Å². The number of methoxy groups -OCH3 is 1. The average molecular weight is 273 g/mol. The van der Waals surface area contributed by atoms with Gasteiger partial charge in [-0.2, -0.15) is 0 Å². The zero-order chi connectivity index (χ0) is 14.4. The molecule has 2 nitrogen and oxygen atoms in total. The van der Waals surface area contributed by atoms with Gasteiger partial charge in [0.1, 0.15) is 11.6 Å². The molecule has 106 valence electrons. The number of hydrogen-bond donors (Lipinski definition) is 1. The summed E-state index contributed by atoms with van der Waals surface area (Å²) in [5.41, 5.74) is 1.95. The van der Waals surface area contributed by atoms with Crippen LogP contribution in [-0.2, 0) is 6.42 Å². The molecule has 0 amide bonds. The van der Waals surface area contributed by atoms with Crippen LogP contribution in [0.3, 0.4) is 0 Å². The van der Waals surface area contributed by atoms with E-state index in [1.807, 2.05) is 25.2 Å². The first-order chi connectivity index (χ1) is 9.74. The third-order valence-corrected chi connectivity index (χ3v) is 3.51. The van der Waals surface area contributed by atoms with Crippen molar-refractivity contribution in [1.29, 1.82) is 0 Å². The third kappa shape index (κ3) is 3.58. The van der Waals surface area contributed by atoms with E-state index in [9.17, 15) is 4.39 Å². The summed E-state index contributed by atoms with van der Waals surface area (Å²) in [6, 6.07) is 15.5. The van der Waals surface area contributed by atoms with Crippen molar-refractivity contribution in [3.63, 3.8) is 0 Å². The predicted octanol–water partition coefficient (Wildman–Crippen LogP) is 3.73. The minimum atomic E-state index is -0.202. The van der Waals surface area contributed by atoms with Crippen LogP contribution in [0.15, 0.2) is 48.5 Å². The summed E-state index contributed by atoms with van der Waals surface area (Å²) in [6.07, 6.45) is 1.54. The van der Waals surface area contributed by atoms with Crippen LogP contribution in [0.4, 0.5) is 4.39 Å². The number of hydrogen-bond acceptors (Lipinski definition) is 2. The molecule has 1 N–H and O–H groups in total. The van der Waals surface area contributed by atoms with Gasteiger partial charge in [0.05, 0.1) is 7.11 Å². The standard InChI is InChI=1S/C17H20FNO/c1-19-17(14-6-4-3-5-7-14)11-9-13-8-10-15(20-2)12-16(13)18/h3-8,10,12,17,19H,9,11H2,1-2H3. The van der Waals surface area contributed by atoms with Crippen LogP contribution in [0.1, 0.15) is 23.6 Å². The highest BCUT2D eigenvalue weighted by molar-refractivity contribution is 5.29. The van der Waals surface area contributed by atoms with E-state index in [1.54, 1.807) is 19.2 Å². The molecule has 0 aromatic heterocycles. The zero-order valence-electron chi connectivity index (χ0n) is 11.9. The van der Waals surface area contributed by atoms with E-state index in [-0.39, 0.29) is 11.9 Å². The molecule has 1 atom stereocenters. The summed E-state index contributed by atoms with van der Waals surface area (Å²) in [5, 5.41) is 3.28. The molecular formula is C17H20FNO. The first-order valence-electron chi connectivity index (χ1n) is 6.79. The molecule has 0 radical (unpaired) electrons. The number of rotatable bonds is 6. The number of aryl methyl sites for hydroxylation is 1. The molecule has 2 aromatic carbocycles. The summed E-state index contributed by atoms with van der Waals surface area (Å²) in [6.45, 7) is 0. The van der Waals surface area contributed by atoms with Gasteiger partial charge in [-0.3, -0.25) is 0 Å². The lowest BCUT2D eigenvalue weighted by Gasteiger charge is -2.17. The number of nitrogens with one attached hydrogen (secondary N) is 1. The quantitative estimate of drug-likeness (QED) is 0.866. The van der Waals surface area contributed by atoms with E-state index < -0.39 is 0 Å². The van der Waals surface area contributed by atoms with Gasteiger partial charge in [0, 0.05) is 12.1 Å². The highest BCUT2D eigenvalue weighted by Crippen LogP contribution is 2.22. The molecule has 0 heterocycles. The fourth-order valence-electron chi connectivity index (χ4n) is 2.32. The Morgan fingerprint density at radius 2 is 1.90 bits per heavy atom. The van der Waals surface area contributed by atoms with Gasteiger partial charge in [0.25, 0.3) is 0 Å². The molecule has 2 aromatic rings. The number of benzene rings is 2. The van der Waals surface area contributed by atoms with Crippen molar-refractivity contribution >= 4 is 0 Å². The summed E-state index contributed by atoms with van der Waals surface area (Å²) in [4.78, 5) is 0. The number of halogens is 1. The van der Waals surface area contributed by atoms with E-state index in [0.29, 0.717) is 12.2 Å². The molecule has 0 aliphatic heterocycles. The van der Waals surface area contributed by atoms with Crippen molar-refractivity contribution in [2.45, 2.75) is 18.9 Å². The fourth-order valence-corrected chi connectivity index (χ4v) is 2.32. The van der Waals surface area contributed by atoms with Crippen molar-refractivity contribution in [2.24, 2.45) is 0 Å². The molecule has 1 unspecified atom stereocenters. The first-order valence-corrected chi connectivity index (χ1v) is 6.79. The lowest BCUT2D eigenvalue weighted by molar-refractivity contribution is 0.410. The summed E-state index contributed by atoms with van der Waals surface area (Å²) in [5.74, 6) is 0.353. The van der Waals surface area contributed by atoms with E-state index in [1.165, 1.54) is 11.6 Å². The summed E-state index contributed by atoms with van der Waals surface area (Å²) in [7, 11) is 3.48. The van der Waals surface area contributed by atoms with Crippen molar-refractivity contribution < 1.29 is 9.13 Å². The zero-order valence-corrected chi connectivity index (χ0v) is 11.9. The van der Waals surface area contributed by atoms with Gasteiger partial charge in [-0.25, -0.2) is 4.39 Å². The van der Waals surface area contributed by atoms with Crippen molar-refractivity contribution in [2.75, 3.05) is 14.2 Å². The molecule has 0 bridgehead atoms. The normalized spacial score (nSPS) is 12.2. The van der Waals surface area contributed by atoms with Gasteiger partial charge in [0.2, 0.25) is 0 Å². The maximum atomic E-state index is 13.9. The van der Waals surface area contributed by atoms with E-state index in [2.05, 4.69) is 17.4 Å². The van der Waals surface area contributed by atoms with Gasteiger partial charge >= 0.3 is 0 Å². The minimum Gasteiger partial charge on any atom is -0.497 e. The largest absolute Gasteiger partial charge is 0.497 e. The molecule has 0 aliphatic rings. The fraction of sp³-hybridized carbons (Fsp3) is 0.294. The van der Waals surface area contributed by atoms with Crippen LogP contribution in [0.2, 0.25) is 0 Å². The molecule has 2 rings (SSSR count). The van der Waals surface area contributed by atoms with Gasteiger partial charge in [-0.1, -0.05) is 36.4 Å². The van der Waals surface area contributed by atoms with E-state index >= 15 is 0 Å². The molecule has 0 saturated carbocycles. The summed E-state index contributed by atoms with van der Waals surface area (Å²) < 4.78 is 18.9. The molecule has 20 heavy (non-hydrogen) atoms. The van der Waals surface area contributed by atoms with Crippen LogP contribution in [-0.4, -0.2) is 14.2 Å². The predicted molar refractivity (Wildman–Crippen MR) is 79.5 cm³/mol. The van der Waals surface area contributed by atoms with Crippen molar-refractivity contribution in [1.82, 2.24) is 5.32 Å². The lowest BCUT2D eigenvalue weighted by Crippen LogP contribution is -2.17. The molecular weight excluding hydrogens is 253 g/mol. The molecule has 3 heteroatoms.